The number of carbonyl (C=O) groups is 3. The first-order valence-corrected chi connectivity index (χ1v) is 6.65. The van der Waals surface area contributed by atoms with Crippen LogP contribution in [0.5, 0.6) is 0 Å². The van der Waals surface area contributed by atoms with Crippen molar-refractivity contribution in [3.63, 3.8) is 0 Å². The summed E-state index contributed by atoms with van der Waals surface area (Å²) in [6.07, 6.45) is 0.310. The van der Waals surface area contributed by atoms with Crippen molar-refractivity contribution in [1.82, 2.24) is 9.80 Å². The summed E-state index contributed by atoms with van der Waals surface area (Å²) in [6.45, 7) is 0. The summed E-state index contributed by atoms with van der Waals surface area (Å²) in [6, 6.07) is 5.15. The molecular formula is C14H13N3O5. The van der Waals surface area contributed by atoms with Crippen LogP contribution in [0, 0.1) is 15.5 Å². The highest BCUT2D eigenvalue weighted by Gasteiger charge is 2.70. The number of benzene rings is 1. The molecule has 1 saturated carbocycles. The second-order valence-electron chi connectivity index (χ2n) is 5.59. The Labute approximate surface area is 125 Å². The number of hydrogen-bond donors (Lipinski definition) is 0. The molecule has 2 fully saturated rings. The van der Waals surface area contributed by atoms with Crippen LogP contribution in [0.3, 0.4) is 0 Å². The molecule has 1 aliphatic heterocycles. The number of nitro benzene ring substituents is 1. The summed E-state index contributed by atoms with van der Waals surface area (Å²) >= 11 is 0. The maximum absolute atomic E-state index is 12.4. The molecular weight excluding hydrogens is 290 g/mol. The van der Waals surface area contributed by atoms with Gasteiger partial charge in [0.15, 0.2) is 0 Å². The van der Waals surface area contributed by atoms with Crippen LogP contribution in [0.2, 0.25) is 0 Å². The van der Waals surface area contributed by atoms with Crippen molar-refractivity contribution in [2.75, 3.05) is 14.1 Å². The lowest BCUT2D eigenvalue weighted by atomic mass is 9.94. The first kappa shape index (κ1) is 14.2. The van der Waals surface area contributed by atoms with Crippen molar-refractivity contribution in [1.29, 1.82) is 0 Å². The van der Waals surface area contributed by atoms with Gasteiger partial charge in [-0.15, -0.1) is 0 Å². The van der Waals surface area contributed by atoms with E-state index in [9.17, 15) is 24.5 Å². The van der Waals surface area contributed by atoms with Crippen molar-refractivity contribution in [3.05, 3.63) is 39.9 Å². The van der Waals surface area contributed by atoms with E-state index < -0.39 is 28.2 Å². The molecule has 0 bridgehead atoms. The average molecular weight is 303 g/mol. The zero-order chi connectivity index (χ0) is 16.2. The van der Waals surface area contributed by atoms with Gasteiger partial charge in [-0.25, -0.2) is 4.79 Å². The Balaban J connectivity index is 1.93. The highest BCUT2D eigenvalue weighted by atomic mass is 16.6. The molecule has 8 heteroatoms. The highest BCUT2D eigenvalue weighted by Crippen LogP contribution is 2.62. The van der Waals surface area contributed by atoms with Gasteiger partial charge in [-0.2, -0.15) is 0 Å². The predicted molar refractivity (Wildman–Crippen MR) is 73.8 cm³/mol. The van der Waals surface area contributed by atoms with Gasteiger partial charge in [0.2, 0.25) is 11.8 Å². The first-order chi connectivity index (χ1) is 10.3. The SMILES string of the molecule is CN1C(=O)N(C)C(=O)C2(CC2c2ccc([N+](=O)[O-])cc2)C1=O. The minimum absolute atomic E-state index is 0.0517. The van der Waals surface area contributed by atoms with Gasteiger partial charge in [0, 0.05) is 32.1 Å². The quantitative estimate of drug-likeness (QED) is 0.463. The molecule has 0 N–H and O–H groups in total. The van der Waals surface area contributed by atoms with E-state index in [1.165, 1.54) is 26.2 Å². The van der Waals surface area contributed by atoms with E-state index in [4.69, 9.17) is 0 Å². The molecule has 4 amide bonds. The molecule has 1 unspecified atom stereocenters. The number of urea groups is 1. The molecule has 2 aliphatic rings. The number of rotatable bonds is 2. The summed E-state index contributed by atoms with van der Waals surface area (Å²) in [7, 11) is 2.70. The Bertz CT molecular complexity index is 688. The fourth-order valence-electron chi connectivity index (χ4n) is 3.06. The molecule has 1 heterocycles. The number of imide groups is 2. The van der Waals surface area contributed by atoms with Gasteiger partial charge < -0.3 is 0 Å². The van der Waals surface area contributed by atoms with Crippen LogP contribution >= 0.6 is 0 Å². The van der Waals surface area contributed by atoms with E-state index >= 15 is 0 Å². The van der Waals surface area contributed by atoms with Gasteiger partial charge in [-0.3, -0.25) is 29.5 Å². The van der Waals surface area contributed by atoms with Gasteiger partial charge in [0.25, 0.3) is 5.69 Å². The zero-order valence-electron chi connectivity index (χ0n) is 12.0. The largest absolute Gasteiger partial charge is 0.332 e. The lowest BCUT2D eigenvalue weighted by molar-refractivity contribution is -0.384. The maximum atomic E-state index is 12.4. The molecule has 0 aromatic heterocycles. The van der Waals surface area contributed by atoms with E-state index in [1.54, 1.807) is 12.1 Å². The number of carbonyl (C=O) groups excluding carboxylic acids is 3. The normalized spacial score (nSPS) is 23.2. The number of non-ortho nitro benzene ring substituents is 1. The van der Waals surface area contributed by atoms with E-state index in [0.717, 1.165) is 9.80 Å². The number of amides is 4. The van der Waals surface area contributed by atoms with Crippen molar-refractivity contribution in [2.45, 2.75) is 12.3 Å². The fraction of sp³-hybridized carbons (Fsp3) is 0.357. The summed E-state index contributed by atoms with van der Waals surface area (Å²) in [5.41, 5.74) is -0.610. The van der Waals surface area contributed by atoms with Crippen molar-refractivity contribution in [2.24, 2.45) is 5.41 Å². The molecule has 1 aromatic rings. The topological polar surface area (TPSA) is 101 Å². The smallest absolute Gasteiger partial charge is 0.273 e. The minimum atomic E-state index is -1.24. The Hall–Kier alpha value is -2.77. The molecule has 0 radical (unpaired) electrons. The fourth-order valence-corrected chi connectivity index (χ4v) is 3.06. The van der Waals surface area contributed by atoms with E-state index in [2.05, 4.69) is 0 Å². The molecule has 1 aromatic carbocycles. The second-order valence-corrected chi connectivity index (χ2v) is 5.59. The van der Waals surface area contributed by atoms with Gasteiger partial charge in [-0.1, -0.05) is 12.1 Å². The van der Waals surface area contributed by atoms with Gasteiger partial charge in [0.05, 0.1) is 4.92 Å². The zero-order valence-corrected chi connectivity index (χ0v) is 12.0. The van der Waals surface area contributed by atoms with E-state index in [1.807, 2.05) is 0 Å². The number of hydrogen-bond acceptors (Lipinski definition) is 5. The van der Waals surface area contributed by atoms with Crippen LogP contribution in [0.4, 0.5) is 10.5 Å². The van der Waals surface area contributed by atoms with Crippen LogP contribution in [-0.2, 0) is 9.59 Å². The summed E-state index contributed by atoms with van der Waals surface area (Å²) in [4.78, 5) is 48.6. The van der Waals surface area contributed by atoms with Crippen LogP contribution in [-0.4, -0.2) is 46.7 Å². The summed E-state index contributed by atoms with van der Waals surface area (Å²) in [5, 5.41) is 10.7. The number of barbiturate groups is 1. The molecule has 114 valence electrons. The minimum Gasteiger partial charge on any atom is -0.273 e. The average Bonchev–Trinajstić information content (AvgIpc) is 3.26. The number of nitrogens with zero attached hydrogens (tertiary/aromatic N) is 3. The van der Waals surface area contributed by atoms with Gasteiger partial charge in [-0.05, 0) is 12.0 Å². The number of nitro groups is 1. The standard InChI is InChI=1S/C14H13N3O5/c1-15-11(18)14(12(19)16(2)13(15)20)7-10(14)8-3-5-9(6-4-8)17(21)22/h3-6,10H,7H2,1-2H3. The Kier molecular flexibility index (Phi) is 2.81. The van der Waals surface area contributed by atoms with Crippen molar-refractivity contribution in [3.8, 4) is 0 Å². The van der Waals surface area contributed by atoms with Gasteiger partial charge in [0.1, 0.15) is 5.41 Å². The third-order valence-electron chi connectivity index (χ3n) is 4.41. The second kappa shape index (κ2) is 4.36. The predicted octanol–water partition coefficient (Wildman–Crippen LogP) is 1.12. The Morgan fingerprint density at radius 2 is 1.59 bits per heavy atom. The maximum Gasteiger partial charge on any atom is 0.332 e. The Morgan fingerprint density at radius 3 is 2.05 bits per heavy atom. The monoisotopic (exact) mass is 303 g/mol. The van der Waals surface area contributed by atoms with Gasteiger partial charge >= 0.3 is 6.03 Å². The molecule has 1 saturated heterocycles. The van der Waals surface area contributed by atoms with Crippen molar-refractivity contribution < 1.29 is 19.3 Å². The highest BCUT2D eigenvalue weighted by molar-refractivity contribution is 6.21. The lowest BCUT2D eigenvalue weighted by Gasteiger charge is -2.33. The third kappa shape index (κ3) is 1.66. The first-order valence-electron chi connectivity index (χ1n) is 6.65. The molecule has 1 aliphatic carbocycles. The van der Waals surface area contributed by atoms with Crippen LogP contribution in [0.15, 0.2) is 24.3 Å². The van der Waals surface area contributed by atoms with Crippen LogP contribution in [0.25, 0.3) is 0 Å². The van der Waals surface area contributed by atoms with E-state index in [0.29, 0.717) is 12.0 Å². The van der Waals surface area contributed by atoms with E-state index in [-0.39, 0.29) is 11.6 Å². The molecule has 3 rings (SSSR count). The van der Waals surface area contributed by atoms with Crippen LogP contribution < -0.4 is 0 Å². The molecule has 22 heavy (non-hydrogen) atoms. The lowest BCUT2D eigenvalue weighted by Crippen LogP contribution is -2.58. The third-order valence-corrected chi connectivity index (χ3v) is 4.41. The Morgan fingerprint density at radius 1 is 1.09 bits per heavy atom. The summed E-state index contributed by atoms with van der Waals surface area (Å²) in [5.74, 6) is -1.38. The molecule has 1 atom stereocenters. The van der Waals surface area contributed by atoms with Crippen molar-refractivity contribution >= 4 is 23.5 Å². The summed E-state index contributed by atoms with van der Waals surface area (Å²) < 4.78 is 0. The van der Waals surface area contributed by atoms with Crippen LogP contribution in [0.1, 0.15) is 17.9 Å². The molecule has 8 nitrogen and oxygen atoms in total. The molecule has 1 spiro atoms.